The molecule has 4 aliphatic heterocycles. The van der Waals surface area contributed by atoms with Crippen molar-refractivity contribution in [1.82, 2.24) is 25.1 Å². The number of benzene rings is 1. The van der Waals surface area contributed by atoms with Crippen LogP contribution in [-0.2, 0) is 13.0 Å². The van der Waals surface area contributed by atoms with Crippen molar-refractivity contribution in [3.05, 3.63) is 46.6 Å². The Bertz CT molecular complexity index is 1120. The summed E-state index contributed by atoms with van der Waals surface area (Å²) in [6.45, 7) is 8.25. The van der Waals surface area contributed by atoms with Crippen molar-refractivity contribution in [2.24, 2.45) is 0 Å². The van der Waals surface area contributed by atoms with Gasteiger partial charge < -0.3 is 19.9 Å². The fourth-order valence-electron chi connectivity index (χ4n) is 7.53. The van der Waals surface area contributed by atoms with E-state index in [9.17, 15) is 0 Å². The van der Waals surface area contributed by atoms with Crippen LogP contribution in [0.2, 0.25) is 0 Å². The largest absolute Gasteiger partial charge is 0.462 e. The number of hydrogen-bond acceptors (Lipinski definition) is 7. The van der Waals surface area contributed by atoms with E-state index in [4.69, 9.17) is 14.7 Å². The first-order chi connectivity index (χ1) is 17.6. The van der Waals surface area contributed by atoms with Crippen LogP contribution in [0.25, 0.3) is 0 Å². The van der Waals surface area contributed by atoms with E-state index in [1.807, 2.05) is 0 Å². The number of nitrogens with zero attached hydrogens (tertiary/aromatic N) is 5. The average Bonchev–Trinajstić information content (AvgIpc) is 3.58. The van der Waals surface area contributed by atoms with E-state index in [-0.39, 0.29) is 1.43 Å². The van der Waals surface area contributed by atoms with Gasteiger partial charge in [-0.15, -0.1) is 0 Å². The van der Waals surface area contributed by atoms with Crippen molar-refractivity contribution in [2.45, 2.75) is 82.1 Å². The van der Waals surface area contributed by atoms with E-state index in [0.29, 0.717) is 42.7 Å². The Morgan fingerprint density at radius 1 is 1.06 bits per heavy atom. The molecule has 7 rings (SSSR count). The Hall–Kier alpha value is -2.22. The number of hydrogen-bond donors (Lipinski definition) is 1. The smallest absolute Gasteiger partial charge is 0.318 e. The van der Waals surface area contributed by atoms with Crippen LogP contribution >= 0.6 is 0 Å². The number of nitrogens with one attached hydrogen (secondary N) is 1. The van der Waals surface area contributed by atoms with Gasteiger partial charge in [0.1, 0.15) is 12.4 Å². The van der Waals surface area contributed by atoms with Crippen molar-refractivity contribution < 1.29 is 6.16 Å². The van der Waals surface area contributed by atoms with E-state index in [1.54, 1.807) is 0 Å². The highest BCUT2D eigenvalue weighted by molar-refractivity contribution is 5.52. The molecule has 1 aromatic heterocycles. The quantitative estimate of drug-likeness (QED) is 0.685. The summed E-state index contributed by atoms with van der Waals surface area (Å²) in [7, 11) is 2.20. The van der Waals surface area contributed by atoms with Crippen LogP contribution in [0.1, 0.15) is 74.8 Å². The lowest BCUT2D eigenvalue weighted by Crippen LogP contribution is -2.52. The topological polar surface area (TPSA) is 56.8 Å². The molecule has 5 heterocycles. The molecule has 1 aromatic carbocycles. The third kappa shape index (κ3) is 4.09. The number of aromatic nitrogens is 2. The summed E-state index contributed by atoms with van der Waals surface area (Å²) < 4.78 is 6.34. The molecule has 4 unspecified atom stereocenters. The zero-order chi connectivity index (χ0) is 24.2. The van der Waals surface area contributed by atoms with Gasteiger partial charge >= 0.3 is 6.01 Å². The molecule has 194 valence electrons. The van der Waals surface area contributed by atoms with E-state index in [1.165, 1.54) is 54.5 Å². The molecule has 0 radical (unpaired) electrons. The van der Waals surface area contributed by atoms with Gasteiger partial charge in [0.25, 0.3) is 0 Å². The van der Waals surface area contributed by atoms with Gasteiger partial charge in [-0.3, -0.25) is 4.90 Å². The lowest BCUT2D eigenvalue weighted by Gasteiger charge is -2.38. The van der Waals surface area contributed by atoms with Crippen molar-refractivity contribution in [2.75, 3.05) is 44.7 Å². The number of piperazine rings is 1. The van der Waals surface area contributed by atoms with Crippen molar-refractivity contribution in [3.63, 3.8) is 0 Å². The first kappa shape index (κ1) is 22.9. The fourth-order valence-corrected chi connectivity index (χ4v) is 7.53. The molecule has 5 atom stereocenters. The van der Waals surface area contributed by atoms with Crippen LogP contribution in [0.3, 0.4) is 0 Å². The number of likely N-dealkylation sites (N-methyl/N-ethyl adjacent to an activating group) is 1. The highest BCUT2D eigenvalue weighted by Gasteiger charge is 2.38. The van der Waals surface area contributed by atoms with Gasteiger partial charge in [0.05, 0.1) is 5.69 Å². The Kier molecular flexibility index (Phi) is 5.90. The molecule has 0 amide bonds. The monoisotopic (exact) mass is 490 g/mol. The van der Waals surface area contributed by atoms with E-state index in [0.717, 1.165) is 45.0 Å². The van der Waals surface area contributed by atoms with Crippen LogP contribution in [0.15, 0.2) is 24.3 Å². The molecular formula is C29H42N6O. The minimum Gasteiger partial charge on any atom is -0.462 e. The molecule has 2 bridgehead atoms. The van der Waals surface area contributed by atoms with Gasteiger partial charge in [-0.1, -0.05) is 31.2 Å². The van der Waals surface area contributed by atoms with Gasteiger partial charge in [0, 0.05) is 57.3 Å². The van der Waals surface area contributed by atoms with E-state index < -0.39 is 0 Å². The second-order valence-electron chi connectivity index (χ2n) is 11.9. The summed E-state index contributed by atoms with van der Waals surface area (Å²) in [6, 6.07) is 11.8. The predicted molar refractivity (Wildman–Crippen MR) is 144 cm³/mol. The molecule has 1 aliphatic carbocycles. The summed E-state index contributed by atoms with van der Waals surface area (Å²) in [5, 5.41) is 3.78. The third-order valence-corrected chi connectivity index (χ3v) is 9.55. The maximum atomic E-state index is 6.34. The van der Waals surface area contributed by atoms with Gasteiger partial charge in [-0.2, -0.15) is 9.97 Å². The molecular weight excluding hydrogens is 448 g/mol. The number of rotatable bonds is 5. The minimum absolute atomic E-state index is 0. The molecule has 1 N–H and O–H groups in total. The van der Waals surface area contributed by atoms with Crippen LogP contribution in [0.4, 0.5) is 5.82 Å². The van der Waals surface area contributed by atoms with Crippen LogP contribution < -0.4 is 15.0 Å². The maximum absolute atomic E-state index is 6.34. The summed E-state index contributed by atoms with van der Waals surface area (Å²) >= 11 is 0. The van der Waals surface area contributed by atoms with Crippen LogP contribution in [0, 0.1) is 0 Å². The lowest BCUT2D eigenvalue weighted by molar-refractivity contribution is 0.166. The third-order valence-electron chi connectivity index (χ3n) is 9.55. The number of likely N-dealkylation sites (tertiary alicyclic amines) is 1. The Balaban J connectivity index is 0.00000252. The van der Waals surface area contributed by atoms with E-state index >= 15 is 0 Å². The van der Waals surface area contributed by atoms with Crippen molar-refractivity contribution in [1.29, 1.82) is 0 Å². The summed E-state index contributed by atoms with van der Waals surface area (Å²) in [5.41, 5.74) is 5.58. The molecule has 7 nitrogen and oxygen atoms in total. The highest BCUT2D eigenvalue weighted by atomic mass is 16.5. The molecule has 7 heteroatoms. The second-order valence-corrected chi connectivity index (χ2v) is 11.9. The second kappa shape index (κ2) is 9.26. The maximum Gasteiger partial charge on any atom is 0.318 e. The molecule has 36 heavy (non-hydrogen) atoms. The number of fused-ring (bicyclic) bond motifs is 4. The van der Waals surface area contributed by atoms with E-state index in [2.05, 4.69) is 58.3 Å². The van der Waals surface area contributed by atoms with Crippen molar-refractivity contribution in [3.8, 4) is 6.01 Å². The summed E-state index contributed by atoms with van der Waals surface area (Å²) in [6.07, 6.45) is 7.22. The standard InChI is InChI=1S/C29H40N6O.H2/c1-19-14-27(24-8-4-3-7-23(19)24)34-13-11-25-26(17-34)31-29(36-18-22-6-5-12-33(22)2)32-28(25)35-15-20-9-10-21(16-35)30-20;/h3-4,7-8,19-22,27,30H,5-6,9-18H2,1-2H3;1H/t19?,20?,21?,22-,27?;/m0./s1. The highest BCUT2D eigenvalue weighted by Crippen LogP contribution is 2.45. The van der Waals surface area contributed by atoms with Gasteiger partial charge in [0.15, 0.2) is 0 Å². The number of ether oxygens (including phenoxy) is 1. The molecule has 2 aromatic rings. The minimum atomic E-state index is 0. The van der Waals surface area contributed by atoms with Gasteiger partial charge in [-0.05, 0) is 69.2 Å². The zero-order valence-corrected chi connectivity index (χ0v) is 21.8. The van der Waals surface area contributed by atoms with Crippen LogP contribution in [-0.4, -0.2) is 77.7 Å². The SMILES string of the molecule is CC1CC(N2CCc3c(nc(OC[C@@H]4CCCN4C)nc3N3CC4CCC(C3)N4)C2)c2ccccc21.[HH]. The Morgan fingerprint density at radius 2 is 1.86 bits per heavy atom. The summed E-state index contributed by atoms with van der Waals surface area (Å²) in [4.78, 5) is 17.8. The van der Waals surface area contributed by atoms with Gasteiger partial charge in [-0.25, -0.2) is 0 Å². The zero-order valence-electron chi connectivity index (χ0n) is 21.8. The molecule has 3 fully saturated rings. The van der Waals surface area contributed by atoms with Crippen molar-refractivity contribution >= 4 is 5.82 Å². The molecule has 5 aliphatic rings. The number of anilines is 1. The molecule has 3 saturated heterocycles. The first-order valence-electron chi connectivity index (χ1n) is 14.2. The molecule has 0 saturated carbocycles. The normalized spacial score (nSPS) is 32.1. The average molecular weight is 491 g/mol. The Morgan fingerprint density at radius 3 is 2.64 bits per heavy atom. The summed E-state index contributed by atoms with van der Waals surface area (Å²) in [5.74, 6) is 1.76. The first-order valence-corrected chi connectivity index (χ1v) is 14.2. The molecule has 0 spiro atoms. The lowest BCUT2D eigenvalue weighted by atomic mass is 10.00. The van der Waals surface area contributed by atoms with Gasteiger partial charge in [0.2, 0.25) is 0 Å². The van der Waals surface area contributed by atoms with Crippen LogP contribution in [0.5, 0.6) is 6.01 Å². The Labute approximate surface area is 216 Å². The predicted octanol–water partition coefficient (Wildman–Crippen LogP) is 3.74. The fraction of sp³-hybridized carbons (Fsp3) is 0.655.